The molecule has 1 aliphatic heterocycles. The fraction of sp³-hybridized carbons (Fsp3) is 0.286. The van der Waals surface area contributed by atoms with Crippen LogP contribution in [0.25, 0.3) is 5.57 Å². The average Bonchev–Trinajstić information content (AvgIpc) is 2.84. The van der Waals surface area contributed by atoms with Gasteiger partial charge in [-0.2, -0.15) is 0 Å². The van der Waals surface area contributed by atoms with E-state index in [0.29, 0.717) is 6.42 Å². The van der Waals surface area contributed by atoms with Crippen LogP contribution in [0.4, 0.5) is 0 Å². The highest BCUT2D eigenvalue weighted by Gasteiger charge is 2.25. The molecule has 0 saturated heterocycles. The van der Waals surface area contributed by atoms with Crippen LogP contribution in [0, 0.1) is 0 Å². The summed E-state index contributed by atoms with van der Waals surface area (Å²) >= 11 is 1.62. The third kappa shape index (κ3) is 2.93. The molecule has 2 N–H and O–H groups in total. The first-order valence-electron chi connectivity index (χ1n) is 6.16. The van der Waals surface area contributed by atoms with Crippen molar-refractivity contribution < 1.29 is 9.59 Å². The highest BCUT2D eigenvalue weighted by atomic mass is 32.1. The molecule has 0 spiro atoms. The van der Waals surface area contributed by atoms with Gasteiger partial charge in [0.1, 0.15) is 6.04 Å². The lowest BCUT2D eigenvalue weighted by molar-refractivity contribution is -0.135. The predicted octanol–water partition coefficient (Wildman–Crippen LogP) is 2.14. The molecule has 5 heteroatoms. The minimum atomic E-state index is -0.570. The van der Waals surface area contributed by atoms with Gasteiger partial charge >= 0.3 is 0 Å². The van der Waals surface area contributed by atoms with Crippen molar-refractivity contribution in [2.45, 2.75) is 25.8 Å². The molecule has 0 aliphatic carbocycles. The molecule has 0 saturated carbocycles. The van der Waals surface area contributed by atoms with Crippen molar-refractivity contribution in [3.05, 3.63) is 40.7 Å². The van der Waals surface area contributed by atoms with Gasteiger partial charge in [-0.05, 0) is 29.5 Å². The Balaban J connectivity index is 2.25. The smallest absolute Gasteiger partial charge is 0.240 e. The van der Waals surface area contributed by atoms with Crippen LogP contribution in [0.15, 0.2) is 35.9 Å². The van der Waals surface area contributed by atoms with E-state index in [0.717, 1.165) is 10.5 Å². The molecule has 1 aromatic rings. The molecule has 1 aromatic heterocycles. The van der Waals surface area contributed by atoms with Crippen LogP contribution in [0.5, 0.6) is 0 Å². The molecule has 1 atom stereocenters. The summed E-state index contributed by atoms with van der Waals surface area (Å²) in [5.41, 5.74) is 6.34. The lowest BCUT2D eigenvalue weighted by Crippen LogP contribution is -2.44. The Morgan fingerprint density at radius 3 is 2.95 bits per heavy atom. The number of hydrogen-bond donors (Lipinski definition) is 1. The lowest BCUT2D eigenvalue weighted by atomic mass is 10.1. The number of allylic oxidation sites excluding steroid dienone is 2. The second-order valence-corrected chi connectivity index (χ2v) is 5.23. The highest BCUT2D eigenvalue weighted by Crippen LogP contribution is 2.25. The Morgan fingerprint density at radius 1 is 1.58 bits per heavy atom. The van der Waals surface area contributed by atoms with Crippen molar-refractivity contribution in [2.75, 3.05) is 0 Å². The van der Waals surface area contributed by atoms with Crippen LogP contribution < -0.4 is 5.73 Å². The molecule has 0 radical (unpaired) electrons. The number of nitrogens with zero attached hydrogens (tertiary/aromatic N) is 1. The standard InChI is InChI=1S/C14H16N2O2S/c1-2-11(14(15)18)16-8-7-10(5-6-13(16)17)12-4-3-9-19-12/h3-5,7-9,11H,2,6H2,1H3,(H2,15,18). The summed E-state index contributed by atoms with van der Waals surface area (Å²) in [6, 6.07) is 3.41. The third-order valence-electron chi connectivity index (χ3n) is 3.06. The number of thiophene rings is 1. The van der Waals surface area contributed by atoms with Crippen molar-refractivity contribution in [2.24, 2.45) is 5.73 Å². The maximum Gasteiger partial charge on any atom is 0.240 e. The molecule has 2 amide bonds. The average molecular weight is 276 g/mol. The van der Waals surface area contributed by atoms with Crippen molar-refractivity contribution in [1.82, 2.24) is 4.90 Å². The molecule has 2 heterocycles. The van der Waals surface area contributed by atoms with Crippen LogP contribution in [0.1, 0.15) is 24.6 Å². The predicted molar refractivity (Wildman–Crippen MR) is 76.2 cm³/mol. The molecule has 2 rings (SSSR count). The Labute approximate surface area is 116 Å². The van der Waals surface area contributed by atoms with E-state index < -0.39 is 11.9 Å². The van der Waals surface area contributed by atoms with E-state index in [1.807, 2.05) is 36.6 Å². The first kappa shape index (κ1) is 13.5. The number of hydrogen-bond acceptors (Lipinski definition) is 3. The molecule has 1 aliphatic rings. The summed E-state index contributed by atoms with van der Waals surface area (Å²) in [5, 5.41) is 1.99. The van der Waals surface area contributed by atoms with Gasteiger partial charge in [0, 0.05) is 17.5 Å². The number of amides is 2. The van der Waals surface area contributed by atoms with Gasteiger partial charge in [-0.15, -0.1) is 11.3 Å². The lowest BCUT2D eigenvalue weighted by Gasteiger charge is -2.24. The van der Waals surface area contributed by atoms with Crippen LogP contribution in [0.2, 0.25) is 0 Å². The zero-order valence-corrected chi connectivity index (χ0v) is 11.5. The summed E-state index contributed by atoms with van der Waals surface area (Å²) < 4.78 is 0. The SMILES string of the molecule is CCC(C(N)=O)N1C=CC(c2cccs2)=CCC1=O. The van der Waals surface area contributed by atoms with Gasteiger partial charge in [0.05, 0.1) is 0 Å². The van der Waals surface area contributed by atoms with Gasteiger partial charge < -0.3 is 10.6 Å². The monoisotopic (exact) mass is 276 g/mol. The van der Waals surface area contributed by atoms with Crippen molar-refractivity contribution in [3.63, 3.8) is 0 Å². The minimum absolute atomic E-state index is 0.103. The van der Waals surface area contributed by atoms with Gasteiger partial charge in [-0.25, -0.2) is 0 Å². The highest BCUT2D eigenvalue weighted by molar-refractivity contribution is 7.11. The first-order valence-corrected chi connectivity index (χ1v) is 7.04. The fourth-order valence-corrected chi connectivity index (χ4v) is 2.80. The molecule has 1 unspecified atom stereocenters. The van der Waals surface area contributed by atoms with E-state index in [4.69, 9.17) is 5.73 Å². The summed E-state index contributed by atoms with van der Waals surface area (Å²) in [4.78, 5) is 26.0. The van der Waals surface area contributed by atoms with Gasteiger partial charge in [0.15, 0.2) is 0 Å². The second-order valence-electron chi connectivity index (χ2n) is 4.28. The summed E-state index contributed by atoms with van der Waals surface area (Å²) in [5.74, 6) is -0.575. The van der Waals surface area contributed by atoms with Crippen LogP contribution in [-0.4, -0.2) is 22.8 Å². The summed E-state index contributed by atoms with van der Waals surface area (Å²) in [6.45, 7) is 1.84. The fourth-order valence-electron chi connectivity index (χ4n) is 2.05. The number of primary amides is 1. The van der Waals surface area contributed by atoms with E-state index in [9.17, 15) is 9.59 Å². The number of rotatable bonds is 4. The molecule has 100 valence electrons. The van der Waals surface area contributed by atoms with Crippen molar-refractivity contribution in [3.8, 4) is 0 Å². The van der Waals surface area contributed by atoms with E-state index in [1.54, 1.807) is 17.5 Å². The Morgan fingerprint density at radius 2 is 2.37 bits per heavy atom. The number of nitrogens with two attached hydrogens (primary N) is 1. The number of carbonyl (C=O) groups excluding carboxylic acids is 2. The van der Waals surface area contributed by atoms with E-state index >= 15 is 0 Å². The topological polar surface area (TPSA) is 63.4 Å². The van der Waals surface area contributed by atoms with Crippen molar-refractivity contribution in [1.29, 1.82) is 0 Å². The molecule has 0 aromatic carbocycles. The number of carbonyl (C=O) groups is 2. The molecule has 4 nitrogen and oxygen atoms in total. The van der Waals surface area contributed by atoms with Gasteiger partial charge in [-0.1, -0.05) is 19.1 Å². The quantitative estimate of drug-likeness (QED) is 0.915. The van der Waals surface area contributed by atoms with E-state index in [2.05, 4.69) is 0 Å². The molecule has 19 heavy (non-hydrogen) atoms. The van der Waals surface area contributed by atoms with Crippen LogP contribution in [0.3, 0.4) is 0 Å². The first-order chi connectivity index (χ1) is 9.13. The molecule has 0 bridgehead atoms. The van der Waals surface area contributed by atoms with Crippen LogP contribution >= 0.6 is 11.3 Å². The van der Waals surface area contributed by atoms with Crippen LogP contribution in [-0.2, 0) is 9.59 Å². The third-order valence-corrected chi connectivity index (χ3v) is 3.97. The summed E-state index contributed by atoms with van der Waals surface area (Å²) in [6.07, 6.45) is 6.21. The zero-order valence-electron chi connectivity index (χ0n) is 10.7. The molecular weight excluding hydrogens is 260 g/mol. The van der Waals surface area contributed by atoms with Gasteiger partial charge in [-0.3, -0.25) is 9.59 Å². The van der Waals surface area contributed by atoms with E-state index in [1.165, 1.54) is 4.90 Å². The van der Waals surface area contributed by atoms with Gasteiger partial charge in [0.25, 0.3) is 0 Å². The molecular formula is C14H16N2O2S. The maximum atomic E-state index is 12.1. The largest absolute Gasteiger partial charge is 0.368 e. The summed E-state index contributed by atoms with van der Waals surface area (Å²) in [7, 11) is 0. The Bertz CT molecular complexity index is 532. The van der Waals surface area contributed by atoms with E-state index in [-0.39, 0.29) is 12.3 Å². The maximum absolute atomic E-state index is 12.1. The van der Waals surface area contributed by atoms with Gasteiger partial charge in [0.2, 0.25) is 11.8 Å². The zero-order chi connectivity index (χ0) is 13.8. The van der Waals surface area contributed by atoms with Crippen molar-refractivity contribution >= 4 is 28.7 Å². The Kier molecular flexibility index (Phi) is 4.16. The second kappa shape index (κ2) is 5.84. The Hall–Kier alpha value is -1.88. The normalized spacial score (nSPS) is 17.0. The molecule has 0 fully saturated rings. The minimum Gasteiger partial charge on any atom is -0.368 e.